The van der Waals surface area contributed by atoms with Gasteiger partial charge in [0.25, 0.3) is 0 Å². The molecule has 1 aliphatic rings. The van der Waals surface area contributed by atoms with Crippen molar-refractivity contribution < 1.29 is 23.4 Å². The average Bonchev–Trinajstić information content (AvgIpc) is 3.16. The number of hydrogen-bond acceptors (Lipinski definition) is 6. The number of piperazine rings is 1. The summed E-state index contributed by atoms with van der Waals surface area (Å²) >= 11 is 12.8. The molecule has 0 radical (unpaired) electrons. The molecule has 7 nitrogen and oxygen atoms in total. The molecular formula is C42H38Cl2FN3O4. The summed E-state index contributed by atoms with van der Waals surface area (Å²) in [7, 11) is 0. The second-order valence-corrected chi connectivity index (χ2v) is 13.1. The summed E-state index contributed by atoms with van der Waals surface area (Å²) in [5.41, 5.74) is 4.79. The van der Waals surface area contributed by atoms with E-state index in [1.54, 1.807) is 48.7 Å². The molecule has 4 aromatic carbocycles. The predicted octanol–water partition coefficient (Wildman–Crippen LogP) is 9.66. The Bertz CT molecular complexity index is 1990. The van der Waals surface area contributed by atoms with Gasteiger partial charge >= 0.3 is 0 Å². The van der Waals surface area contributed by atoms with Crippen LogP contribution in [0.4, 0.5) is 4.39 Å². The summed E-state index contributed by atoms with van der Waals surface area (Å²) in [6, 6.07) is 29.1. The van der Waals surface area contributed by atoms with Gasteiger partial charge in [-0.3, -0.25) is 9.69 Å². The first-order chi connectivity index (χ1) is 25.3. The van der Waals surface area contributed by atoms with Crippen molar-refractivity contribution in [1.82, 2.24) is 14.8 Å². The second kappa shape index (κ2) is 17.9. The zero-order valence-electron chi connectivity index (χ0n) is 28.7. The normalized spacial score (nSPS) is 13.5. The lowest BCUT2D eigenvalue weighted by atomic mass is 10.1. The number of carbonyl (C=O) groups is 1. The molecule has 0 unspecified atom stereocenters. The number of amides is 1. The van der Waals surface area contributed by atoms with Crippen molar-refractivity contribution in [3.8, 4) is 23.1 Å². The monoisotopic (exact) mass is 737 g/mol. The molecule has 0 N–H and O–H groups in total. The van der Waals surface area contributed by atoms with Gasteiger partial charge in [0.2, 0.25) is 11.8 Å². The number of aromatic nitrogens is 1. The van der Waals surface area contributed by atoms with Crippen molar-refractivity contribution >= 4 is 41.3 Å². The number of carbonyl (C=O) groups excluding carboxylic acids is 1. The molecule has 2 heterocycles. The van der Waals surface area contributed by atoms with Crippen LogP contribution in [0, 0.1) is 12.7 Å². The van der Waals surface area contributed by atoms with E-state index in [2.05, 4.69) is 34.1 Å². The van der Waals surface area contributed by atoms with Gasteiger partial charge in [-0.25, -0.2) is 9.37 Å². The number of aryl methyl sites for hydroxylation is 1. The lowest BCUT2D eigenvalue weighted by molar-refractivity contribution is -0.127. The van der Waals surface area contributed by atoms with E-state index in [4.69, 9.17) is 37.4 Å². The van der Waals surface area contributed by atoms with Crippen LogP contribution >= 0.6 is 23.2 Å². The van der Waals surface area contributed by atoms with E-state index < -0.39 is 0 Å². The van der Waals surface area contributed by atoms with Gasteiger partial charge in [-0.05, 0) is 89.9 Å². The van der Waals surface area contributed by atoms with E-state index in [0.29, 0.717) is 59.5 Å². The number of pyridine rings is 1. The fraction of sp³-hybridized carbons (Fsp3) is 0.190. The van der Waals surface area contributed by atoms with E-state index in [-0.39, 0.29) is 11.7 Å². The highest BCUT2D eigenvalue weighted by Crippen LogP contribution is 2.34. The van der Waals surface area contributed by atoms with Crippen molar-refractivity contribution in [2.75, 3.05) is 32.8 Å². The van der Waals surface area contributed by atoms with Crippen LogP contribution in [0.3, 0.4) is 0 Å². The zero-order chi connectivity index (χ0) is 36.3. The molecule has 1 amide bonds. The lowest BCUT2D eigenvalue weighted by Crippen LogP contribution is -2.47. The topological polar surface area (TPSA) is 64.1 Å². The molecule has 0 bridgehead atoms. The maximum atomic E-state index is 13.0. The van der Waals surface area contributed by atoms with Gasteiger partial charge in [-0.15, -0.1) is 0 Å². The molecule has 6 rings (SSSR count). The van der Waals surface area contributed by atoms with Gasteiger partial charge < -0.3 is 19.1 Å². The van der Waals surface area contributed by atoms with Crippen LogP contribution in [0.5, 0.6) is 23.1 Å². The number of nitrogens with zero attached hydrogens (tertiary/aromatic N) is 3. The lowest BCUT2D eigenvalue weighted by Gasteiger charge is -2.34. The molecule has 1 aliphatic heterocycles. The molecule has 1 aromatic heterocycles. The number of ether oxygens (including phenoxy) is 3. The number of halogens is 3. The Morgan fingerprint density at radius 1 is 0.827 bits per heavy atom. The Morgan fingerprint density at radius 3 is 2.29 bits per heavy atom. The quantitative estimate of drug-likeness (QED) is 0.112. The van der Waals surface area contributed by atoms with Crippen LogP contribution in [-0.4, -0.2) is 53.5 Å². The first-order valence-corrected chi connectivity index (χ1v) is 17.7. The summed E-state index contributed by atoms with van der Waals surface area (Å²) in [4.78, 5) is 21.6. The Hall–Kier alpha value is -5.15. The highest BCUT2D eigenvalue weighted by molar-refractivity contribution is 6.32. The summed E-state index contributed by atoms with van der Waals surface area (Å²) < 4.78 is 30.5. The summed E-state index contributed by atoms with van der Waals surface area (Å²) in [5, 5.41) is 1.07. The van der Waals surface area contributed by atoms with Gasteiger partial charge in [-0.2, -0.15) is 0 Å². The smallest absolute Gasteiger partial charge is 0.246 e. The van der Waals surface area contributed by atoms with E-state index in [1.807, 2.05) is 54.3 Å². The van der Waals surface area contributed by atoms with Crippen LogP contribution in [-0.2, 0) is 17.9 Å². The third-order valence-electron chi connectivity index (χ3n) is 8.48. The van der Waals surface area contributed by atoms with E-state index >= 15 is 0 Å². The SMILES string of the molecule is Cc1cc(C=CC(=O)N2CCN(Cc3ccc(C=CCOc4ccc(F)cc4)cc3)CC2)cc(Cl)c1Oc1ccc(OCc2ccccc2Cl)cn1. The molecule has 10 heteroatoms. The maximum Gasteiger partial charge on any atom is 0.246 e. The standard InChI is InChI=1S/C42H38Cl2FN3O4/c1-30-25-33(26-39(44)42(30)52-40-18-17-37(27-46-40)51-29-34-6-2-3-7-38(34)43)12-19-41(49)48-22-20-47(21-23-48)28-32-10-8-31(9-11-32)5-4-24-50-36-15-13-35(45)14-16-36/h2-19,25-27H,20-24,28-29H2,1H3. The average molecular weight is 739 g/mol. The molecule has 52 heavy (non-hydrogen) atoms. The Labute approximate surface area is 313 Å². The first kappa shape index (κ1) is 36.6. The molecule has 0 aliphatic carbocycles. The van der Waals surface area contributed by atoms with Crippen molar-refractivity contribution in [2.24, 2.45) is 0 Å². The van der Waals surface area contributed by atoms with Crippen LogP contribution < -0.4 is 14.2 Å². The van der Waals surface area contributed by atoms with Crippen LogP contribution in [0.15, 0.2) is 115 Å². The highest BCUT2D eigenvalue weighted by atomic mass is 35.5. The molecule has 266 valence electrons. The molecular weight excluding hydrogens is 700 g/mol. The summed E-state index contributed by atoms with van der Waals surface area (Å²) in [5.74, 6) is 1.78. The van der Waals surface area contributed by atoms with Crippen molar-refractivity contribution in [2.45, 2.75) is 20.1 Å². The van der Waals surface area contributed by atoms with Crippen molar-refractivity contribution in [3.05, 3.63) is 159 Å². The fourth-order valence-corrected chi connectivity index (χ4v) is 6.13. The minimum atomic E-state index is -0.283. The summed E-state index contributed by atoms with van der Waals surface area (Å²) in [6.07, 6.45) is 8.91. The van der Waals surface area contributed by atoms with Gasteiger partial charge in [0.15, 0.2) is 5.75 Å². The maximum absolute atomic E-state index is 13.0. The first-order valence-electron chi connectivity index (χ1n) is 16.9. The van der Waals surface area contributed by atoms with E-state index in [1.165, 1.54) is 17.7 Å². The predicted molar refractivity (Wildman–Crippen MR) is 205 cm³/mol. The number of hydrogen-bond donors (Lipinski definition) is 0. The number of rotatable bonds is 13. The third-order valence-corrected chi connectivity index (χ3v) is 9.13. The Morgan fingerprint density at radius 2 is 1.58 bits per heavy atom. The molecule has 1 saturated heterocycles. The van der Waals surface area contributed by atoms with Gasteiger partial charge in [0, 0.05) is 55.5 Å². The Balaban J connectivity index is 0.934. The van der Waals surface area contributed by atoms with Crippen LogP contribution in [0.2, 0.25) is 10.0 Å². The molecule has 5 aromatic rings. The molecule has 0 spiro atoms. The van der Waals surface area contributed by atoms with E-state index in [0.717, 1.165) is 41.9 Å². The van der Waals surface area contributed by atoms with Gasteiger partial charge in [0.05, 0.1) is 11.2 Å². The molecule has 0 saturated carbocycles. The minimum Gasteiger partial charge on any atom is -0.490 e. The summed E-state index contributed by atoms with van der Waals surface area (Å²) in [6.45, 7) is 6.34. The minimum absolute atomic E-state index is 0.0330. The fourth-order valence-electron chi connectivity index (χ4n) is 5.63. The second-order valence-electron chi connectivity index (χ2n) is 12.3. The van der Waals surface area contributed by atoms with E-state index in [9.17, 15) is 9.18 Å². The number of benzene rings is 4. The van der Waals surface area contributed by atoms with Crippen molar-refractivity contribution in [3.63, 3.8) is 0 Å². The Kier molecular flexibility index (Phi) is 12.6. The molecule has 1 fully saturated rings. The van der Waals surface area contributed by atoms with Crippen LogP contribution in [0.25, 0.3) is 12.2 Å². The molecule has 0 atom stereocenters. The van der Waals surface area contributed by atoms with Crippen LogP contribution in [0.1, 0.15) is 27.8 Å². The van der Waals surface area contributed by atoms with Gasteiger partial charge in [0.1, 0.15) is 30.5 Å². The van der Waals surface area contributed by atoms with Gasteiger partial charge in [-0.1, -0.05) is 71.7 Å². The highest BCUT2D eigenvalue weighted by Gasteiger charge is 2.20. The zero-order valence-corrected chi connectivity index (χ0v) is 30.2. The third kappa shape index (κ3) is 10.4. The largest absolute Gasteiger partial charge is 0.490 e. The van der Waals surface area contributed by atoms with Crippen molar-refractivity contribution in [1.29, 1.82) is 0 Å².